The molecule has 0 aromatic heterocycles. The molecule has 1 heterocycles. The van der Waals surface area contributed by atoms with Crippen molar-refractivity contribution in [1.29, 1.82) is 0 Å². The van der Waals surface area contributed by atoms with Crippen molar-refractivity contribution in [3.8, 4) is 0 Å². The monoisotopic (exact) mass is 248 g/mol. The summed E-state index contributed by atoms with van der Waals surface area (Å²) in [5, 5.41) is 2.95. The number of carbonyl (C=O) groups is 1. The first-order chi connectivity index (χ1) is 8.74. The largest absolute Gasteiger partial charge is 0.379 e. The normalized spacial score (nSPS) is 16.5. The lowest BCUT2D eigenvalue weighted by molar-refractivity contribution is -0.123. The number of benzene rings is 1. The summed E-state index contributed by atoms with van der Waals surface area (Å²) in [6.45, 7) is 6.27. The van der Waals surface area contributed by atoms with Gasteiger partial charge in [0.1, 0.15) is 0 Å². The zero-order valence-corrected chi connectivity index (χ0v) is 10.8. The number of morpholine rings is 1. The van der Waals surface area contributed by atoms with Gasteiger partial charge in [-0.1, -0.05) is 29.8 Å². The van der Waals surface area contributed by atoms with Crippen LogP contribution in [-0.2, 0) is 16.1 Å². The molecule has 0 saturated carbocycles. The Morgan fingerprint density at radius 3 is 2.89 bits per heavy atom. The Labute approximate surface area is 108 Å². The summed E-state index contributed by atoms with van der Waals surface area (Å²) in [6.07, 6.45) is 0. The molecule has 0 spiro atoms. The summed E-state index contributed by atoms with van der Waals surface area (Å²) in [5.74, 6) is 0.0819. The highest BCUT2D eigenvalue weighted by Gasteiger charge is 2.13. The topological polar surface area (TPSA) is 41.6 Å². The van der Waals surface area contributed by atoms with E-state index >= 15 is 0 Å². The van der Waals surface area contributed by atoms with Crippen LogP contribution in [0.2, 0.25) is 0 Å². The highest BCUT2D eigenvalue weighted by molar-refractivity contribution is 5.78. The maximum absolute atomic E-state index is 11.8. The van der Waals surface area contributed by atoms with Crippen molar-refractivity contribution >= 4 is 5.91 Å². The lowest BCUT2D eigenvalue weighted by atomic mass is 10.1. The highest BCUT2D eigenvalue weighted by atomic mass is 16.5. The Bertz CT molecular complexity index is 401. The van der Waals surface area contributed by atoms with E-state index in [1.54, 1.807) is 0 Å². The number of nitrogens with one attached hydrogen (secondary N) is 1. The van der Waals surface area contributed by atoms with Gasteiger partial charge in [0.05, 0.1) is 19.8 Å². The van der Waals surface area contributed by atoms with Crippen molar-refractivity contribution in [1.82, 2.24) is 10.2 Å². The molecule has 1 amide bonds. The molecule has 1 fully saturated rings. The minimum Gasteiger partial charge on any atom is -0.379 e. The molecule has 4 nitrogen and oxygen atoms in total. The smallest absolute Gasteiger partial charge is 0.234 e. The van der Waals surface area contributed by atoms with Crippen LogP contribution < -0.4 is 5.32 Å². The van der Waals surface area contributed by atoms with Crippen LogP contribution in [0, 0.1) is 6.92 Å². The lowest BCUT2D eigenvalue weighted by Crippen LogP contribution is -2.43. The van der Waals surface area contributed by atoms with Gasteiger partial charge in [0.25, 0.3) is 0 Å². The summed E-state index contributed by atoms with van der Waals surface area (Å²) in [5.41, 5.74) is 2.36. The van der Waals surface area contributed by atoms with Gasteiger partial charge in [0, 0.05) is 19.6 Å². The maximum Gasteiger partial charge on any atom is 0.234 e. The van der Waals surface area contributed by atoms with Crippen molar-refractivity contribution in [2.24, 2.45) is 0 Å². The Hall–Kier alpha value is -1.39. The molecule has 1 aromatic rings. The number of aryl methyl sites for hydroxylation is 1. The minimum atomic E-state index is 0.0819. The fourth-order valence-corrected chi connectivity index (χ4v) is 2.04. The maximum atomic E-state index is 11.8. The summed E-state index contributed by atoms with van der Waals surface area (Å²) < 4.78 is 5.25. The fourth-order valence-electron chi connectivity index (χ4n) is 2.04. The summed E-state index contributed by atoms with van der Waals surface area (Å²) in [6, 6.07) is 8.19. The van der Waals surface area contributed by atoms with E-state index in [1.807, 2.05) is 12.1 Å². The minimum absolute atomic E-state index is 0.0819. The Morgan fingerprint density at radius 1 is 1.39 bits per heavy atom. The van der Waals surface area contributed by atoms with Crippen molar-refractivity contribution in [3.05, 3.63) is 35.4 Å². The number of amides is 1. The standard InChI is InChI=1S/C14H20N2O2/c1-12-3-2-4-13(9-12)10-15-14(17)11-16-5-7-18-8-6-16/h2-4,9H,5-8,10-11H2,1H3,(H,15,17). The predicted octanol–water partition coefficient (Wildman–Crippen LogP) is 0.943. The number of carbonyl (C=O) groups excluding carboxylic acids is 1. The molecule has 0 unspecified atom stereocenters. The van der Waals surface area contributed by atoms with E-state index in [0.717, 1.165) is 31.9 Å². The SMILES string of the molecule is Cc1cccc(CNC(=O)CN2CCOCC2)c1. The second kappa shape index (κ2) is 6.52. The Morgan fingerprint density at radius 2 is 2.17 bits per heavy atom. The molecule has 4 heteroatoms. The van der Waals surface area contributed by atoms with E-state index in [9.17, 15) is 4.79 Å². The number of rotatable bonds is 4. The van der Waals surface area contributed by atoms with Crippen LogP contribution in [-0.4, -0.2) is 43.7 Å². The van der Waals surface area contributed by atoms with E-state index in [2.05, 4.69) is 29.3 Å². The van der Waals surface area contributed by atoms with Gasteiger partial charge < -0.3 is 10.1 Å². The van der Waals surface area contributed by atoms with E-state index < -0.39 is 0 Å². The third-order valence-corrected chi connectivity index (χ3v) is 3.04. The molecule has 0 bridgehead atoms. The summed E-state index contributed by atoms with van der Waals surface area (Å²) >= 11 is 0. The quantitative estimate of drug-likeness (QED) is 0.862. The van der Waals surface area contributed by atoms with Gasteiger partial charge in [0.2, 0.25) is 5.91 Å². The van der Waals surface area contributed by atoms with E-state index in [1.165, 1.54) is 5.56 Å². The van der Waals surface area contributed by atoms with Crippen molar-refractivity contribution < 1.29 is 9.53 Å². The molecule has 18 heavy (non-hydrogen) atoms. The van der Waals surface area contributed by atoms with Crippen LogP contribution in [0.4, 0.5) is 0 Å². The highest BCUT2D eigenvalue weighted by Crippen LogP contribution is 2.03. The second-order valence-corrected chi connectivity index (χ2v) is 4.65. The molecule has 1 saturated heterocycles. The fraction of sp³-hybridized carbons (Fsp3) is 0.500. The first-order valence-electron chi connectivity index (χ1n) is 6.36. The van der Waals surface area contributed by atoms with E-state index in [0.29, 0.717) is 13.1 Å². The van der Waals surface area contributed by atoms with Gasteiger partial charge in [-0.2, -0.15) is 0 Å². The van der Waals surface area contributed by atoms with Gasteiger partial charge in [0.15, 0.2) is 0 Å². The number of hydrogen-bond donors (Lipinski definition) is 1. The van der Waals surface area contributed by atoms with Gasteiger partial charge >= 0.3 is 0 Å². The average Bonchev–Trinajstić information content (AvgIpc) is 2.38. The predicted molar refractivity (Wildman–Crippen MR) is 70.3 cm³/mol. The zero-order chi connectivity index (χ0) is 12.8. The van der Waals surface area contributed by atoms with Crippen molar-refractivity contribution in [3.63, 3.8) is 0 Å². The van der Waals surface area contributed by atoms with Crippen molar-refractivity contribution in [2.75, 3.05) is 32.8 Å². The average molecular weight is 248 g/mol. The van der Waals surface area contributed by atoms with Gasteiger partial charge in [-0.3, -0.25) is 9.69 Å². The Balaban J connectivity index is 1.74. The molecule has 0 atom stereocenters. The molecular weight excluding hydrogens is 228 g/mol. The van der Waals surface area contributed by atoms with Gasteiger partial charge in [-0.05, 0) is 12.5 Å². The van der Waals surface area contributed by atoms with Crippen LogP contribution in [0.15, 0.2) is 24.3 Å². The molecule has 1 N–H and O–H groups in total. The van der Waals surface area contributed by atoms with Crippen LogP contribution in [0.3, 0.4) is 0 Å². The van der Waals surface area contributed by atoms with E-state index in [-0.39, 0.29) is 5.91 Å². The first kappa shape index (κ1) is 13.1. The first-order valence-corrected chi connectivity index (χ1v) is 6.36. The van der Waals surface area contributed by atoms with Gasteiger partial charge in [-0.15, -0.1) is 0 Å². The second-order valence-electron chi connectivity index (χ2n) is 4.65. The molecule has 1 aliphatic rings. The summed E-state index contributed by atoms with van der Waals surface area (Å²) in [4.78, 5) is 13.9. The molecular formula is C14H20N2O2. The molecule has 2 rings (SSSR count). The van der Waals surface area contributed by atoms with Crippen molar-refractivity contribution in [2.45, 2.75) is 13.5 Å². The number of ether oxygens (including phenoxy) is 1. The number of hydrogen-bond acceptors (Lipinski definition) is 3. The van der Waals surface area contributed by atoms with Crippen LogP contribution >= 0.6 is 0 Å². The van der Waals surface area contributed by atoms with Crippen LogP contribution in [0.25, 0.3) is 0 Å². The lowest BCUT2D eigenvalue weighted by Gasteiger charge is -2.25. The molecule has 1 aliphatic heterocycles. The third-order valence-electron chi connectivity index (χ3n) is 3.04. The third kappa shape index (κ3) is 4.13. The Kier molecular flexibility index (Phi) is 4.73. The van der Waals surface area contributed by atoms with E-state index in [4.69, 9.17) is 4.74 Å². The molecule has 0 radical (unpaired) electrons. The molecule has 1 aromatic carbocycles. The van der Waals surface area contributed by atoms with Crippen LogP contribution in [0.5, 0.6) is 0 Å². The van der Waals surface area contributed by atoms with Gasteiger partial charge in [-0.25, -0.2) is 0 Å². The summed E-state index contributed by atoms with van der Waals surface area (Å²) in [7, 11) is 0. The molecule has 98 valence electrons. The molecule has 0 aliphatic carbocycles. The van der Waals surface area contributed by atoms with Crippen LogP contribution in [0.1, 0.15) is 11.1 Å². The zero-order valence-electron chi connectivity index (χ0n) is 10.8. The number of nitrogens with zero attached hydrogens (tertiary/aromatic N) is 1.